The van der Waals surface area contributed by atoms with Crippen LogP contribution in [0.4, 0.5) is 11.4 Å². The number of nitro benzene ring substituents is 2. The highest BCUT2D eigenvalue weighted by Gasteiger charge is 2.40. The number of hydrogen-bond acceptors (Lipinski definition) is 8. The van der Waals surface area contributed by atoms with Gasteiger partial charge in [0.1, 0.15) is 15.4 Å². The van der Waals surface area contributed by atoms with Crippen LogP contribution in [0.3, 0.4) is 0 Å². The number of nitro groups is 4. The first-order valence-corrected chi connectivity index (χ1v) is 4.87. The van der Waals surface area contributed by atoms with Crippen LogP contribution in [-0.2, 0) is 0 Å². The summed E-state index contributed by atoms with van der Waals surface area (Å²) in [6.07, 6.45) is -2.51. The second-order valence-electron chi connectivity index (χ2n) is 3.64. The lowest BCUT2D eigenvalue weighted by molar-refractivity contribution is -0.752. The Hall–Kier alpha value is -3.18. The van der Waals surface area contributed by atoms with E-state index in [2.05, 4.69) is 0 Å². The Balaban J connectivity index is 3.67. The maximum Gasteiger partial charge on any atom is 0.477 e. The molecule has 0 aromatic heterocycles. The number of non-ortho nitro benzene ring substituents is 1. The van der Waals surface area contributed by atoms with Crippen molar-refractivity contribution in [2.24, 2.45) is 0 Å². The smallest absolute Gasteiger partial charge is 0.258 e. The Morgan fingerprint density at radius 1 is 0.900 bits per heavy atom. The van der Waals surface area contributed by atoms with E-state index < -0.39 is 42.8 Å². The Kier molecular flexibility index (Phi) is 3.88. The largest absolute Gasteiger partial charge is 0.477 e. The van der Waals surface area contributed by atoms with Gasteiger partial charge in [-0.2, -0.15) is 0 Å². The minimum absolute atomic E-state index is 0.362. The van der Waals surface area contributed by atoms with E-state index in [1.165, 1.54) is 0 Å². The predicted octanol–water partition coefficient (Wildman–Crippen LogP) is 1.36. The van der Waals surface area contributed by atoms with Crippen molar-refractivity contribution < 1.29 is 19.7 Å². The molecule has 0 N–H and O–H groups in total. The fourth-order valence-corrected chi connectivity index (χ4v) is 1.57. The summed E-state index contributed by atoms with van der Waals surface area (Å²) in [5.74, 6) is 0. The number of hydrogen-bond donors (Lipinski definition) is 0. The van der Waals surface area contributed by atoms with Crippen molar-refractivity contribution >= 4 is 11.4 Å². The van der Waals surface area contributed by atoms with Crippen molar-refractivity contribution in [3.05, 3.63) is 63.7 Å². The summed E-state index contributed by atoms with van der Waals surface area (Å²) in [5, 5.41) is 42.8. The fraction of sp³-hybridized carbons (Fsp3) is 0.250. The van der Waals surface area contributed by atoms with Gasteiger partial charge in [0.2, 0.25) is 0 Å². The van der Waals surface area contributed by atoms with E-state index >= 15 is 0 Å². The van der Waals surface area contributed by atoms with Gasteiger partial charge in [0.15, 0.2) is 0 Å². The molecular formula is C8H6N4O8. The number of nitrogens with zero attached hydrogens (tertiary/aromatic N) is 4. The molecule has 1 rings (SSSR count). The van der Waals surface area contributed by atoms with Crippen LogP contribution in [0.15, 0.2) is 12.1 Å². The molecule has 0 bridgehead atoms. The molecule has 0 amide bonds. The topological polar surface area (TPSA) is 173 Å². The third kappa shape index (κ3) is 2.63. The lowest BCUT2D eigenvalue weighted by Crippen LogP contribution is -2.21. The molecule has 1 aromatic carbocycles. The van der Waals surface area contributed by atoms with E-state index in [1.807, 2.05) is 0 Å². The lowest BCUT2D eigenvalue weighted by Gasteiger charge is -2.06. The summed E-state index contributed by atoms with van der Waals surface area (Å²) in [7, 11) is 0. The van der Waals surface area contributed by atoms with Gasteiger partial charge >= 0.3 is 6.17 Å². The molecule has 106 valence electrons. The van der Waals surface area contributed by atoms with Crippen molar-refractivity contribution in [1.29, 1.82) is 0 Å². The number of rotatable bonds is 5. The van der Waals surface area contributed by atoms with E-state index in [-0.39, 0.29) is 5.56 Å². The van der Waals surface area contributed by atoms with Crippen molar-refractivity contribution in [2.75, 3.05) is 0 Å². The molecule has 0 aliphatic carbocycles. The SMILES string of the molecule is Cc1c(C([N+](=O)[O-])[N+](=O)[O-])cc([N+](=O)[O-])cc1[N+](=O)[O-]. The maximum atomic E-state index is 10.8. The summed E-state index contributed by atoms with van der Waals surface area (Å²) >= 11 is 0. The van der Waals surface area contributed by atoms with E-state index in [4.69, 9.17) is 0 Å². The molecule has 0 aliphatic heterocycles. The summed E-state index contributed by atoms with van der Waals surface area (Å²) in [5.41, 5.74) is -2.67. The first-order chi connectivity index (χ1) is 9.16. The van der Waals surface area contributed by atoms with Crippen LogP contribution in [0.1, 0.15) is 17.3 Å². The van der Waals surface area contributed by atoms with E-state index in [1.54, 1.807) is 0 Å². The Morgan fingerprint density at radius 3 is 1.75 bits per heavy atom. The van der Waals surface area contributed by atoms with Gasteiger partial charge in [-0.3, -0.25) is 40.5 Å². The van der Waals surface area contributed by atoms with Crippen LogP contribution in [0.5, 0.6) is 0 Å². The summed E-state index contributed by atoms with van der Waals surface area (Å²) in [6, 6.07) is 1.19. The van der Waals surface area contributed by atoms with Gasteiger partial charge in [0, 0.05) is 11.6 Å². The second kappa shape index (κ2) is 5.21. The molecule has 0 saturated heterocycles. The Labute approximate surface area is 109 Å². The van der Waals surface area contributed by atoms with Gasteiger partial charge in [-0.15, -0.1) is 0 Å². The molecular weight excluding hydrogens is 280 g/mol. The lowest BCUT2D eigenvalue weighted by atomic mass is 10.0. The summed E-state index contributed by atoms with van der Waals surface area (Å²) in [4.78, 5) is 38.2. The minimum atomic E-state index is -2.51. The first-order valence-electron chi connectivity index (χ1n) is 4.87. The zero-order valence-corrected chi connectivity index (χ0v) is 9.79. The molecule has 1 aromatic rings. The van der Waals surface area contributed by atoms with Crippen LogP contribution < -0.4 is 0 Å². The normalized spacial score (nSPS) is 10.3. The van der Waals surface area contributed by atoms with Crippen LogP contribution in [-0.4, -0.2) is 19.7 Å². The third-order valence-electron chi connectivity index (χ3n) is 2.49. The van der Waals surface area contributed by atoms with E-state index in [9.17, 15) is 40.5 Å². The highest BCUT2D eigenvalue weighted by atomic mass is 16.7. The van der Waals surface area contributed by atoms with Crippen molar-refractivity contribution in [2.45, 2.75) is 13.1 Å². The van der Waals surface area contributed by atoms with Gasteiger partial charge in [-0.1, -0.05) is 0 Å². The van der Waals surface area contributed by atoms with Crippen molar-refractivity contribution in [1.82, 2.24) is 0 Å². The summed E-state index contributed by atoms with van der Waals surface area (Å²) in [6.45, 7) is 1.05. The molecule has 0 atom stereocenters. The highest BCUT2D eigenvalue weighted by molar-refractivity contribution is 5.53. The van der Waals surface area contributed by atoms with E-state index in [0.29, 0.717) is 12.1 Å². The van der Waals surface area contributed by atoms with Crippen LogP contribution in [0.2, 0.25) is 0 Å². The maximum absolute atomic E-state index is 10.8. The molecule has 0 radical (unpaired) electrons. The summed E-state index contributed by atoms with van der Waals surface area (Å²) < 4.78 is 0. The molecule has 0 aliphatic rings. The fourth-order valence-electron chi connectivity index (χ4n) is 1.57. The second-order valence-corrected chi connectivity index (χ2v) is 3.64. The molecule has 12 heteroatoms. The van der Waals surface area contributed by atoms with Gasteiger partial charge in [0.05, 0.1) is 15.9 Å². The predicted molar refractivity (Wildman–Crippen MR) is 61.2 cm³/mol. The van der Waals surface area contributed by atoms with Crippen molar-refractivity contribution in [3.63, 3.8) is 0 Å². The Morgan fingerprint density at radius 2 is 1.40 bits per heavy atom. The number of benzene rings is 1. The average Bonchev–Trinajstić information content (AvgIpc) is 2.29. The van der Waals surface area contributed by atoms with Crippen LogP contribution >= 0.6 is 0 Å². The average molecular weight is 286 g/mol. The minimum Gasteiger partial charge on any atom is -0.258 e. The molecule has 20 heavy (non-hydrogen) atoms. The molecule has 0 fully saturated rings. The third-order valence-corrected chi connectivity index (χ3v) is 2.49. The van der Waals surface area contributed by atoms with Crippen LogP contribution in [0.25, 0.3) is 0 Å². The molecule has 12 nitrogen and oxygen atoms in total. The monoisotopic (exact) mass is 286 g/mol. The quantitative estimate of drug-likeness (QED) is 0.443. The van der Waals surface area contributed by atoms with Gasteiger partial charge in [-0.05, 0) is 6.92 Å². The van der Waals surface area contributed by atoms with E-state index in [0.717, 1.165) is 6.92 Å². The van der Waals surface area contributed by atoms with Gasteiger partial charge in [0.25, 0.3) is 11.4 Å². The molecule has 0 spiro atoms. The zero-order chi connectivity index (χ0) is 15.6. The van der Waals surface area contributed by atoms with Crippen molar-refractivity contribution in [3.8, 4) is 0 Å². The molecule has 0 heterocycles. The molecule has 0 saturated carbocycles. The Bertz CT molecular complexity index is 613. The zero-order valence-electron chi connectivity index (χ0n) is 9.79. The molecule has 0 unspecified atom stereocenters. The van der Waals surface area contributed by atoms with Gasteiger partial charge < -0.3 is 0 Å². The van der Waals surface area contributed by atoms with Crippen LogP contribution in [0, 0.1) is 47.4 Å². The first kappa shape index (κ1) is 14.9. The highest BCUT2D eigenvalue weighted by Crippen LogP contribution is 2.32. The van der Waals surface area contributed by atoms with Gasteiger partial charge in [-0.25, -0.2) is 0 Å². The standard InChI is InChI=1S/C8H6N4O8/c1-4-6(8(11(17)18)12(19)20)2-5(9(13)14)3-7(4)10(15)16/h2-3,8H,1H3.